The number of benzene rings is 2. The van der Waals surface area contributed by atoms with E-state index in [1.807, 2.05) is 13.1 Å². The number of ether oxygens (including phenoxy) is 1. The van der Waals surface area contributed by atoms with Crippen LogP contribution >= 0.6 is 0 Å². The second-order valence-electron chi connectivity index (χ2n) is 7.90. The van der Waals surface area contributed by atoms with E-state index in [0.717, 1.165) is 29.8 Å². The van der Waals surface area contributed by atoms with E-state index >= 15 is 0 Å². The van der Waals surface area contributed by atoms with Gasteiger partial charge in [0.25, 0.3) is 0 Å². The Morgan fingerprint density at radius 3 is 2.59 bits per heavy atom. The fourth-order valence-corrected chi connectivity index (χ4v) is 4.54. The number of allylic oxidation sites excluding steroid dienone is 2. The molecule has 29 heavy (non-hydrogen) atoms. The molecule has 2 aromatic carbocycles. The standard InChI is InChI=1S/C24H28FN3O/c1-16-15-26-24(27-17(16)2,23(29-4)20-9-11-21(25)12-10-20)28-14-13-19-7-5-6-8-22(19)18(28)3/h5-12,15,18,23,27H,13-14H2,1-4H3. The minimum absolute atomic E-state index is 0.147. The fraction of sp³-hybridized carbons (Fsp3) is 0.375. The first-order valence-electron chi connectivity index (χ1n) is 10.1. The Balaban J connectivity index is 1.82. The first kappa shape index (κ1) is 19.8. The smallest absolute Gasteiger partial charge is 0.218 e. The molecule has 0 amide bonds. The molecule has 152 valence electrons. The number of nitrogens with zero attached hydrogens (tertiary/aromatic N) is 2. The van der Waals surface area contributed by atoms with E-state index in [4.69, 9.17) is 9.73 Å². The third-order valence-electron chi connectivity index (χ3n) is 6.22. The Kier molecular flexibility index (Phi) is 5.28. The number of halogens is 1. The molecule has 5 heteroatoms. The molecule has 0 bridgehead atoms. The Bertz CT molecular complexity index is 953. The SMILES string of the molecule is COC(c1ccc(F)cc1)C1(N2CCc3ccccc3C2C)N=CC(C)=C(C)N1. The molecule has 2 aliphatic rings. The molecule has 0 spiro atoms. The van der Waals surface area contributed by atoms with Gasteiger partial charge in [0.15, 0.2) is 0 Å². The number of fused-ring (bicyclic) bond motifs is 1. The quantitative estimate of drug-likeness (QED) is 0.814. The molecule has 0 aromatic heterocycles. The molecule has 0 saturated carbocycles. The highest BCUT2D eigenvalue weighted by molar-refractivity contribution is 5.80. The first-order chi connectivity index (χ1) is 14.0. The highest BCUT2D eigenvalue weighted by Crippen LogP contribution is 2.43. The molecular formula is C24H28FN3O. The van der Waals surface area contributed by atoms with Gasteiger partial charge < -0.3 is 10.1 Å². The van der Waals surface area contributed by atoms with Crippen molar-refractivity contribution in [3.63, 3.8) is 0 Å². The monoisotopic (exact) mass is 393 g/mol. The van der Waals surface area contributed by atoms with E-state index in [1.165, 1.54) is 23.3 Å². The maximum absolute atomic E-state index is 13.6. The van der Waals surface area contributed by atoms with Gasteiger partial charge in [0.2, 0.25) is 5.79 Å². The first-order valence-corrected chi connectivity index (χ1v) is 10.1. The second-order valence-corrected chi connectivity index (χ2v) is 7.90. The molecular weight excluding hydrogens is 365 g/mol. The van der Waals surface area contributed by atoms with Crippen molar-refractivity contribution in [3.05, 3.63) is 82.3 Å². The van der Waals surface area contributed by atoms with E-state index in [0.29, 0.717) is 0 Å². The van der Waals surface area contributed by atoms with Crippen LogP contribution in [0.25, 0.3) is 0 Å². The van der Waals surface area contributed by atoms with Crippen molar-refractivity contribution in [2.75, 3.05) is 13.7 Å². The van der Waals surface area contributed by atoms with E-state index < -0.39 is 11.9 Å². The van der Waals surface area contributed by atoms with Crippen LogP contribution in [0.5, 0.6) is 0 Å². The van der Waals surface area contributed by atoms with Gasteiger partial charge in [0.05, 0.1) is 0 Å². The number of methoxy groups -OCH3 is 1. The van der Waals surface area contributed by atoms with Gasteiger partial charge in [-0.3, -0.25) is 4.90 Å². The van der Waals surface area contributed by atoms with E-state index in [2.05, 4.69) is 48.3 Å². The lowest BCUT2D eigenvalue weighted by atomic mass is 9.89. The number of hydrogen-bond acceptors (Lipinski definition) is 4. The fourth-order valence-electron chi connectivity index (χ4n) is 4.54. The van der Waals surface area contributed by atoms with Crippen LogP contribution in [0.15, 0.2) is 64.8 Å². The molecule has 2 aliphatic heterocycles. The van der Waals surface area contributed by atoms with Crippen LogP contribution in [0.3, 0.4) is 0 Å². The number of hydrogen-bond donors (Lipinski definition) is 1. The van der Waals surface area contributed by atoms with Gasteiger partial charge in [-0.15, -0.1) is 0 Å². The Labute approximate surface area is 172 Å². The molecule has 2 aromatic rings. The number of nitrogens with one attached hydrogen (secondary N) is 1. The van der Waals surface area contributed by atoms with Crippen LogP contribution in [0, 0.1) is 5.82 Å². The Morgan fingerprint density at radius 1 is 1.17 bits per heavy atom. The molecule has 3 atom stereocenters. The molecule has 0 radical (unpaired) electrons. The summed E-state index contributed by atoms with van der Waals surface area (Å²) in [5.74, 6) is -1.08. The summed E-state index contributed by atoms with van der Waals surface area (Å²) in [7, 11) is 1.69. The summed E-state index contributed by atoms with van der Waals surface area (Å²) in [4.78, 5) is 7.40. The van der Waals surface area contributed by atoms with Gasteiger partial charge >= 0.3 is 0 Å². The van der Waals surface area contributed by atoms with Crippen LogP contribution in [-0.4, -0.2) is 30.6 Å². The summed E-state index contributed by atoms with van der Waals surface area (Å²) in [6, 6.07) is 15.3. The topological polar surface area (TPSA) is 36.9 Å². The maximum Gasteiger partial charge on any atom is 0.218 e. The Morgan fingerprint density at radius 2 is 1.90 bits per heavy atom. The van der Waals surface area contributed by atoms with Crippen molar-refractivity contribution in [3.8, 4) is 0 Å². The van der Waals surface area contributed by atoms with Crippen molar-refractivity contribution in [2.24, 2.45) is 4.99 Å². The number of rotatable bonds is 4. The van der Waals surface area contributed by atoms with E-state index in [9.17, 15) is 4.39 Å². The zero-order valence-electron chi connectivity index (χ0n) is 17.4. The zero-order valence-corrected chi connectivity index (χ0v) is 17.4. The van der Waals surface area contributed by atoms with Gasteiger partial charge in [0.1, 0.15) is 11.9 Å². The predicted molar refractivity (Wildman–Crippen MR) is 114 cm³/mol. The van der Waals surface area contributed by atoms with Gasteiger partial charge in [0, 0.05) is 31.6 Å². The van der Waals surface area contributed by atoms with Crippen molar-refractivity contribution in [2.45, 2.75) is 45.1 Å². The summed E-state index contributed by atoms with van der Waals surface area (Å²) < 4.78 is 19.6. The largest absolute Gasteiger partial charge is 0.371 e. The molecule has 1 N–H and O–H groups in total. The molecule has 0 aliphatic carbocycles. The molecule has 0 saturated heterocycles. The van der Waals surface area contributed by atoms with E-state index in [-0.39, 0.29) is 11.9 Å². The zero-order chi connectivity index (χ0) is 20.6. The van der Waals surface area contributed by atoms with Crippen LogP contribution in [0.2, 0.25) is 0 Å². The van der Waals surface area contributed by atoms with Crippen molar-refractivity contribution in [1.82, 2.24) is 10.2 Å². The summed E-state index contributed by atoms with van der Waals surface area (Å²) in [6.07, 6.45) is 2.46. The molecule has 0 fully saturated rings. The summed E-state index contributed by atoms with van der Waals surface area (Å²) in [5, 5.41) is 3.66. The van der Waals surface area contributed by atoms with Gasteiger partial charge in [-0.2, -0.15) is 0 Å². The normalized spacial score (nSPS) is 25.5. The van der Waals surface area contributed by atoms with E-state index in [1.54, 1.807) is 19.2 Å². The molecule has 4 rings (SSSR count). The summed E-state index contributed by atoms with van der Waals surface area (Å²) in [5.41, 5.74) is 5.74. The highest BCUT2D eigenvalue weighted by Gasteiger charge is 2.49. The second kappa shape index (κ2) is 7.73. The van der Waals surface area contributed by atoms with Crippen LogP contribution in [-0.2, 0) is 11.2 Å². The minimum Gasteiger partial charge on any atom is -0.371 e. The molecule has 2 heterocycles. The van der Waals surface area contributed by atoms with Gasteiger partial charge in [-0.05, 0) is 61.6 Å². The lowest BCUT2D eigenvalue weighted by molar-refractivity contribution is -0.0885. The highest BCUT2D eigenvalue weighted by atomic mass is 19.1. The third-order valence-corrected chi connectivity index (χ3v) is 6.22. The maximum atomic E-state index is 13.6. The van der Waals surface area contributed by atoms with Crippen molar-refractivity contribution >= 4 is 6.21 Å². The average Bonchev–Trinajstić information content (AvgIpc) is 2.73. The lowest BCUT2D eigenvalue weighted by Gasteiger charge is -2.51. The van der Waals surface area contributed by atoms with Gasteiger partial charge in [-0.1, -0.05) is 36.4 Å². The minimum atomic E-state index is -0.816. The molecule has 3 unspecified atom stereocenters. The number of aliphatic imine (C=N–C) groups is 1. The predicted octanol–water partition coefficient (Wildman–Crippen LogP) is 4.75. The van der Waals surface area contributed by atoms with Crippen LogP contribution in [0.4, 0.5) is 4.39 Å². The van der Waals surface area contributed by atoms with Gasteiger partial charge in [-0.25, -0.2) is 9.38 Å². The van der Waals surface area contributed by atoms with Crippen molar-refractivity contribution in [1.29, 1.82) is 0 Å². The van der Waals surface area contributed by atoms with Crippen LogP contribution < -0.4 is 5.32 Å². The summed E-state index contributed by atoms with van der Waals surface area (Å²) in [6.45, 7) is 7.17. The Hall–Kier alpha value is -2.50. The van der Waals surface area contributed by atoms with Crippen LogP contribution in [0.1, 0.15) is 49.6 Å². The lowest BCUT2D eigenvalue weighted by Crippen LogP contribution is -2.64. The third kappa shape index (κ3) is 3.38. The molecule has 4 nitrogen and oxygen atoms in total. The van der Waals surface area contributed by atoms with Crippen molar-refractivity contribution < 1.29 is 9.13 Å². The average molecular weight is 394 g/mol. The summed E-state index contributed by atoms with van der Waals surface area (Å²) >= 11 is 0.